The summed E-state index contributed by atoms with van der Waals surface area (Å²) in [6.45, 7) is 2.88. The van der Waals surface area contributed by atoms with E-state index >= 15 is 0 Å². The lowest BCUT2D eigenvalue weighted by molar-refractivity contribution is -0.00315. The average molecular weight is 161 g/mol. The molecule has 0 aliphatic rings. The molecule has 0 fully saturated rings. The Bertz CT molecular complexity index is 84.2. The van der Waals surface area contributed by atoms with Crippen LogP contribution < -0.4 is 5.32 Å². The molecule has 2 atom stereocenters. The van der Waals surface area contributed by atoms with Gasteiger partial charge < -0.3 is 9.47 Å². The van der Waals surface area contributed by atoms with E-state index in [0.29, 0.717) is 5.92 Å². The van der Waals surface area contributed by atoms with Gasteiger partial charge >= 0.3 is 0 Å². The molecule has 0 saturated carbocycles. The molecule has 0 amide bonds. The summed E-state index contributed by atoms with van der Waals surface area (Å²) in [6.07, 6.45) is 1.17. The van der Waals surface area contributed by atoms with Crippen LogP contribution in [0.5, 0.6) is 0 Å². The van der Waals surface area contributed by atoms with Crippen LogP contribution in [0.15, 0.2) is 0 Å². The first-order valence-electron chi connectivity index (χ1n) is 3.99. The summed E-state index contributed by atoms with van der Waals surface area (Å²) in [6, 6.07) is 0. The van der Waals surface area contributed by atoms with E-state index in [1.54, 1.807) is 14.2 Å². The van der Waals surface area contributed by atoms with E-state index in [1.807, 2.05) is 7.05 Å². The van der Waals surface area contributed by atoms with Crippen LogP contribution in [0, 0.1) is 5.92 Å². The molecule has 0 aromatic heterocycles. The molecule has 0 saturated heterocycles. The van der Waals surface area contributed by atoms with Gasteiger partial charge in [-0.25, -0.2) is 0 Å². The highest BCUT2D eigenvalue weighted by molar-refractivity contribution is 4.64. The molecule has 11 heavy (non-hydrogen) atoms. The maximum atomic E-state index is 5.21. The second-order valence-corrected chi connectivity index (χ2v) is 2.57. The Morgan fingerprint density at radius 3 is 2.27 bits per heavy atom. The largest absolute Gasteiger partial charge is 0.384 e. The summed E-state index contributed by atoms with van der Waals surface area (Å²) in [7, 11) is 5.32. The van der Waals surface area contributed by atoms with E-state index in [2.05, 4.69) is 12.2 Å². The average Bonchev–Trinajstić information content (AvgIpc) is 2.05. The quantitative estimate of drug-likeness (QED) is 0.586. The van der Waals surface area contributed by atoms with E-state index in [0.717, 1.165) is 13.0 Å². The van der Waals surface area contributed by atoms with Crippen LogP contribution in [-0.2, 0) is 9.47 Å². The molecule has 1 N–H and O–H groups in total. The Balaban J connectivity index is 3.76. The van der Waals surface area contributed by atoms with Crippen LogP contribution in [0.2, 0.25) is 0 Å². The predicted molar refractivity (Wildman–Crippen MR) is 45.5 cm³/mol. The van der Waals surface area contributed by atoms with Crippen LogP contribution >= 0.6 is 0 Å². The first-order valence-corrected chi connectivity index (χ1v) is 3.99. The van der Waals surface area contributed by atoms with Gasteiger partial charge in [-0.3, -0.25) is 5.32 Å². The summed E-state index contributed by atoms with van der Waals surface area (Å²) in [5.41, 5.74) is 0. The number of hydrogen-bond acceptors (Lipinski definition) is 3. The fraction of sp³-hybridized carbons (Fsp3) is 1.00. The number of nitrogens with one attached hydrogen (secondary N) is 1. The summed E-state index contributed by atoms with van der Waals surface area (Å²) in [5.74, 6) is 0.440. The van der Waals surface area contributed by atoms with Crippen LogP contribution in [0.3, 0.4) is 0 Å². The minimum atomic E-state index is 0.111. The molecule has 68 valence electrons. The topological polar surface area (TPSA) is 30.5 Å². The molecule has 0 aliphatic heterocycles. The minimum absolute atomic E-state index is 0.111. The molecule has 2 unspecified atom stereocenters. The maximum absolute atomic E-state index is 5.21. The summed E-state index contributed by atoms with van der Waals surface area (Å²) >= 11 is 0. The third kappa shape index (κ3) is 3.70. The first kappa shape index (κ1) is 10.9. The fourth-order valence-corrected chi connectivity index (χ4v) is 1.18. The molecule has 3 nitrogen and oxygen atoms in total. The molecular formula is C8H19NO2. The molecule has 0 rings (SSSR count). The van der Waals surface area contributed by atoms with Crippen LogP contribution in [0.4, 0.5) is 0 Å². The second-order valence-electron chi connectivity index (χ2n) is 2.57. The zero-order valence-electron chi connectivity index (χ0n) is 7.89. The number of hydrogen-bond donors (Lipinski definition) is 1. The van der Waals surface area contributed by atoms with Gasteiger partial charge in [-0.05, 0) is 13.5 Å². The number of ether oxygens (including phenoxy) is 2. The zero-order chi connectivity index (χ0) is 8.69. The maximum Gasteiger partial charge on any atom is 0.112 e. The molecular weight excluding hydrogens is 142 g/mol. The Morgan fingerprint density at radius 2 is 2.00 bits per heavy atom. The lowest BCUT2D eigenvalue weighted by atomic mass is 10.1. The molecule has 0 aromatic rings. The van der Waals surface area contributed by atoms with Crippen molar-refractivity contribution in [2.75, 3.05) is 27.9 Å². The highest BCUT2D eigenvalue weighted by Gasteiger charge is 2.16. The Labute approximate surface area is 69.1 Å². The van der Waals surface area contributed by atoms with E-state index < -0.39 is 0 Å². The summed E-state index contributed by atoms with van der Waals surface area (Å²) in [5, 5.41) is 3.09. The second kappa shape index (κ2) is 6.58. The van der Waals surface area contributed by atoms with Gasteiger partial charge in [-0.2, -0.15) is 0 Å². The van der Waals surface area contributed by atoms with E-state index in [9.17, 15) is 0 Å². The van der Waals surface area contributed by atoms with Gasteiger partial charge in [0.05, 0.1) is 6.61 Å². The van der Waals surface area contributed by atoms with Gasteiger partial charge in [0, 0.05) is 20.1 Å². The normalized spacial score (nSPS) is 16.4. The Morgan fingerprint density at radius 1 is 1.36 bits per heavy atom. The third-order valence-corrected chi connectivity index (χ3v) is 1.87. The van der Waals surface area contributed by atoms with Gasteiger partial charge in [0.25, 0.3) is 0 Å². The molecule has 3 heteroatoms. The highest BCUT2D eigenvalue weighted by Crippen LogP contribution is 2.08. The van der Waals surface area contributed by atoms with Crippen molar-refractivity contribution in [3.8, 4) is 0 Å². The van der Waals surface area contributed by atoms with Crippen molar-refractivity contribution in [1.29, 1.82) is 0 Å². The van der Waals surface area contributed by atoms with E-state index in [4.69, 9.17) is 9.47 Å². The van der Waals surface area contributed by atoms with Crippen molar-refractivity contribution in [3.05, 3.63) is 0 Å². The molecule has 0 heterocycles. The number of methoxy groups -OCH3 is 2. The van der Waals surface area contributed by atoms with Crippen molar-refractivity contribution >= 4 is 0 Å². The fourth-order valence-electron chi connectivity index (χ4n) is 1.18. The third-order valence-electron chi connectivity index (χ3n) is 1.87. The van der Waals surface area contributed by atoms with Crippen molar-refractivity contribution in [2.45, 2.75) is 19.6 Å². The lowest BCUT2D eigenvalue weighted by Gasteiger charge is -2.23. The van der Waals surface area contributed by atoms with Crippen LogP contribution in [0.1, 0.15) is 13.3 Å². The Kier molecular flexibility index (Phi) is 6.51. The molecule has 0 bridgehead atoms. The predicted octanol–water partition coefficient (Wildman–Crippen LogP) is 0.851. The van der Waals surface area contributed by atoms with Gasteiger partial charge in [-0.1, -0.05) is 6.92 Å². The number of rotatable bonds is 6. The monoisotopic (exact) mass is 161 g/mol. The van der Waals surface area contributed by atoms with E-state index in [1.165, 1.54) is 0 Å². The lowest BCUT2D eigenvalue weighted by Crippen LogP contribution is -2.37. The zero-order valence-corrected chi connectivity index (χ0v) is 7.89. The SMILES string of the molecule is CCC(COC)C(NC)OC. The van der Waals surface area contributed by atoms with Crippen molar-refractivity contribution < 1.29 is 9.47 Å². The van der Waals surface area contributed by atoms with Gasteiger partial charge in [0.15, 0.2) is 0 Å². The summed E-state index contributed by atoms with van der Waals surface area (Å²) < 4.78 is 10.3. The van der Waals surface area contributed by atoms with Crippen molar-refractivity contribution in [3.63, 3.8) is 0 Å². The van der Waals surface area contributed by atoms with Crippen LogP contribution in [-0.4, -0.2) is 34.1 Å². The van der Waals surface area contributed by atoms with Crippen molar-refractivity contribution in [2.24, 2.45) is 5.92 Å². The Hall–Kier alpha value is -0.120. The highest BCUT2D eigenvalue weighted by atomic mass is 16.5. The van der Waals surface area contributed by atoms with E-state index in [-0.39, 0.29) is 6.23 Å². The van der Waals surface area contributed by atoms with Gasteiger partial charge in [-0.15, -0.1) is 0 Å². The molecule has 0 aliphatic carbocycles. The molecule has 0 radical (unpaired) electrons. The minimum Gasteiger partial charge on any atom is -0.384 e. The standard InChI is InChI=1S/C8H19NO2/c1-5-7(6-10-3)8(9-2)11-4/h7-9H,5-6H2,1-4H3. The van der Waals surface area contributed by atoms with Crippen molar-refractivity contribution in [1.82, 2.24) is 5.32 Å². The summed E-state index contributed by atoms with van der Waals surface area (Å²) in [4.78, 5) is 0. The smallest absolute Gasteiger partial charge is 0.112 e. The first-order chi connectivity index (χ1) is 5.29. The van der Waals surface area contributed by atoms with Gasteiger partial charge in [0.2, 0.25) is 0 Å². The molecule has 0 spiro atoms. The molecule has 0 aromatic carbocycles. The van der Waals surface area contributed by atoms with Crippen LogP contribution in [0.25, 0.3) is 0 Å². The van der Waals surface area contributed by atoms with Gasteiger partial charge in [0.1, 0.15) is 6.23 Å².